The van der Waals surface area contributed by atoms with Crippen LogP contribution < -0.4 is 10.1 Å². The van der Waals surface area contributed by atoms with Crippen molar-refractivity contribution in [1.29, 1.82) is 0 Å². The maximum absolute atomic E-state index is 12.4. The molecule has 0 saturated carbocycles. The minimum Gasteiger partial charge on any atom is -0.435 e. The monoisotopic (exact) mass is 287 g/mol. The number of halogens is 2. The van der Waals surface area contributed by atoms with E-state index in [0.717, 1.165) is 29.7 Å². The van der Waals surface area contributed by atoms with Crippen LogP contribution in [-0.4, -0.2) is 17.9 Å². The Hall–Kier alpha value is -1.36. The van der Waals surface area contributed by atoms with E-state index in [1.807, 2.05) is 20.8 Å². The molecule has 0 aromatic heterocycles. The Morgan fingerprint density at radius 1 is 1.25 bits per heavy atom. The largest absolute Gasteiger partial charge is 0.435 e. The molecule has 0 radical (unpaired) electrons. The molecule has 0 heterocycles. The molecule has 0 aliphatic heterocycles. The molecule has 20 heavy (non-hydrogen) atoms. The Balaban J connectivity index is 3.29. The number of aliphatic hydroxyl groups is 1. The molecule has 5 heteroatoms. The van der Waals surface area contributed by atoms with Gasteiger partial charge in [-0.25, -0.2) is 0 Å². The van der Waals surface area contributed by atoms with Gasteiger partial charge in [-0.1, -0.05) is 27.2 Å². The third-order valence-corrected chi connectivity index (χ3v) is 2.94. The second-order valence-electron chi connectivity index (χ2n) is 5.15. The van der Waals surface area contributed by atoms with Crippen molar-refractivity contribution in [1.82, 2.24) is 0 Å². The highest BCUT2D eigenvalue weighted by Gasteiger charge is 2.16. The Labute approximate surface area is 119 Å². The molecule has 1 aromatic carbocycles. The normalized spacial score (nSPS) is 12.8. The average molecular weight is 287 g/mol. The van der Waals surface area contributed by atoms with Crippen LogP contribution in [0.3, 0.4) is 0 Å². The summed E-state index contributed by atoms with van der Waals surface area (Å²) in [5.41, 5.74) is 2.57. The van der Waals surface area contributed by atoms with Crippen LogP contribution >= 0.6 is 0 Å². The lowest BCUT2D eigenvalue weighted by atomic mass is 9.95. The summed E-state index contributed by atoms with van der Waals surface area (Å²) in [5.74, 6) is 0.302. The molecule has 0 bridgehead atoms. The Morgan fingerprint density at radius 2 is 1.90 bits per heavy atom. The lowest BCUT2D eigenvalue weighted by Crippen LogP contribution is -2.17. The molecule has 1 atom stereocenters. The number of ether oxygens (including phenoxy) is 1. The quantitative estimate of drug-likeness (QED) is 0.741. The molecule has 0 spiro atoms. The van der Waals surface area contributed by atoms with Gasteiger partial charge in [0.1, 0.15) is 12.0 Å². The number of hydrogen-bond acceptors (Lipinski definition) is 3. The van der Waals surface area contributed by atoms with Crippen molar-refractivity contribution in [2.24, 2.45) is 0 Å². The van der Waals surface area contributed by atoms with Gasteiger partial charge in [0.05, 0.1) is 0 Å². The van der Waals surface area contributed by atoms with E-state index in [1.54, 1.807) is 19.1 Å². The molecule has 2 N–H and O–H groups in total. The van der Waals surface area contributed by atoms with Crippen molar-refractivity contribution in [3.63, 3.8) is 0 Å². The highest BCUT2D eigenvalue weighted by Crippen LogP contribution is 2.34. The van der Waals surface area contributed by atoms with Crippen molar-refractivity contribution in [2.45, 2.75) is 59.3 Å². The summed E-state index contributed by atoms with van der Waals surface area (Å²) in [6.07, 6.45) is 0.907. The highest BCUT2D eigenvalue weighted by atomic mass is 19.3. The molecular formula is C15H23F2NO2. The SMILES string of the molecule is CCCc1cc(OC(F)F)cc(C(C)C)c1NC(C)O. The number of benzene rings is 1. The first-order chi connectivity index (χ1) is 9.35. The summed E-state index contributed by atoms with van der Waals surface area (Å²) >= 11 is 0. The predicted octanol–water partition coefficient (Wildman–Crippen LogP) is 4.11. The summed E-state index contributed by atoms with van der Waals surface area (Å²) in [7, 11) is 0. The number of nitrogens with one attached hydrogen (secondary N) is 1. The molecule has 1 aromatic rings. The van der Waals surface area contributed by atoms with E-state index >= 15 is 0 Å². The van der Waals surface area contributed by atoms with Gasteiger partial charge in [-0.2, -0.15) is 8.78 Å². The first kappa shape index (κ1) is 16.7. The Bertz CT molecular complexity index is 434. The van der Waals surface area contributed by atoms with Gasteiger partial charge in [-0.05, 0) is 42.5 Å². The van der Waals surface area contributed by atoms with Gasteiger partial charge in [0, 0.05) is 5.69 Å². The van der Waals surface area contributed by atoms with Gasteiger partial charge >= 0.3 is 6.61 Å². The smallest absolute Gasteiger partial charge is 0.387 e. The summed E-state index contributed by atoms with van der Waals surface area (Å²) < 4.78 is 29.3. The van der Waals surface area contributed by atoms with E-state index in [1.165, 1.54) is 0 Å². The van der Waals surface area contributed by atoms with E-state index in [4.69, 9.17) is 0 Å². The van der Waals surface area contributed by atoms with Crippen LogP contribution in [0, 0.1) is 0 Å². The molecule has 0 aliphatic rings. The van der Waals surface area contributed by atoms with Crippen LogP contribution in [0.1, 0.15) is 51.2 Å². The van der Waals surface area contributed by atoms with Crippen LogP contribution in [0.15, 0.2) is 12.1 Å². The Kier molecular flexibility index (Phi) is 6.20. The van der Waals surface area contributed by atoms with Gasteiger partial charge in [0.15, 0.2) is 0 Å². The summed E-state index contributed by atoms with van der Waals surface area (Å²) in [4.78, 5) is 0. The summed E-state index contributed by atoms with van der Waals surface area (Å²) in [6.45, 7) is 4.76. The van der Waals surface area contributed by atoms with E-state index < -0.39 is 12.8 Å². The first-order valence-corrected chi connectivity index (χ1v) is 6.91. The van der Waals surface area contributed by atoms with Crippen molar-refractivity contribution < 1.29 is 18.6 Å². The van der Waals surface area contributed by atoms with Gasteiger partial charge in [0.2, 0.25) is 0 Å². The second-order valence-corrected chi connectivity index (χ2v) is 5.15. The standard InChI is InChI=1S/C15H23F2NO2/c1-5-6-11-7-12(20-15(16)17)8-13(9(2)3)14(11)18-10(4)19/h7-10,15,18-19H,5-6H2,1-4H3. The maximum atomic E-state index is 12.4. The van der Waals surface area contributed by atoms with Crippen LogP contribution in [0.2, 0.25) is 0 Å². The van der Waals surface area contributed by atoms with Gasteiger partial charge < -0.3 is 15.2 Å². The number of rotatable bonds is 7. The summed E-state index contributed by atoms with van der Waals surface area (Å²) in [6, 6.07) is 3.23. The number of alkyl halides is 2. The third-order valence-electron chi connectivity index (χ3n) is 2.94. The van der Waals surface area contributed by atoms with E-state index in [2.05, 4.69) is 10.1 Å². The number of aliphatic hydroxyl groups excluding tert-OH is 1. The number of hydrogen-bond donors (Lipinski definition) is 2. The molecule has 1 unspecified atom stereocenters. The highest BCUT2D eigenvalue weighted by molar-refractivity contribution is 5.62. The molecule has 0 fully saturated rings. The molecule has 0 aliphatic carbocycles. The Morgan fingerprint density at radius 3 is 2.35 bits per heavy atom. The van der Waals surface area contributed by atoms with E-state index in [0.29, 0.717) is 0 Å². The van der Waals surface area contributed by atoms with Crippen LogP contribution in [-0.2, 0) is 6.42 Å². The molecule has 0 saturated heterocycles. The maximum Gasteiger partial charge on any atom is 0.387 e. The number of anilines is 1. The first-order valence-electron chi connectivity index (χ1n) is 6.91. The molecule has 0 amide bonds. The zero-order valence-electron chi connectivity index (χ0n) is 12.4. The molecule has 1 rings (SSSR count). The molecule has 3 nitrogen and oxygen atoms in total. The minimum absolute atomic E-state index is 0.132. The van der Waals surface area contributed by atoms with Crippen molar-refractivity contribution in [2.75, 3.05) is 5.32 Å². The van der Waals surface area contributed by atoms with E-state index in [-0.39, 0.29) is 11.7 Å². The van der Waals surface area contributed by atoms with Gasteiger partial charge in [-0.3, -0.25) is 0 Å². The minimum atomic E-state index is -2.83. The van der Waals surface area contributed by atoms with Crippen LogP contribution in [0.25, 0.3) is 0 Å². The van der Waals surface area contributed by atoms with Crippen molar-refractivity contribution in [3.05, 3.63) is 23.3 Å². The predicted molar refractivity (Wildman–Crippen MR) is 76.5 cm³/mol. The van der Waals surface area contributed by atoms with Gasteiger partial charge in [0.25, 0.3) is 0 Å². The van der Waals surface area contributed by atoms with Crippen molar-refractivity contribution >= 4 is 5.69 Å². The number of aryl methyl sites for hydroxylation is 1. The third kappa shape index (κ3) is 4.63. The van der Waals surface area contributed by atoms with Crippen LogP contribution in [0.4, 0.5) is 14.5 Å². The van der Waals surface area contributed by atoms with E-state index in [9.17, 15) is 13.9 Å². The molecule has 114 valence electrons. The zero-order chi connectivity index (χ0) is 15.3. The topological polar surface area (TPSA) is 41.5 Å². The molecular weight excluding hydrogens is 264 g/mol. The zero-order valence-corrected chi connectivity index (χ0v) is 12.4. The average Bonchev–Trinajstić information content (AvgIpc) is 2.30. The lowest BCUT2D eigenvalue weighted by Gasteiger charge is -2.22. The van der Waals surface area contributed by atoms with Crippen molar-refractivity contribution in [3.8, 4) is 5.75 Å². The fourth-order valence-corrected chi connectivity index (χ4v) is 2.17. The van der Waals surface area contributed by atoms with Gasteiger partial charge in [-0.15, -0.1) is 0 Å². The fraction of sp³-hybridized carbons (Fsp3) is 0.600. The second kappa shape index (κ2) is 7.43. The lowest BCUT2D eigenvalue weighted by molar-refractivity contribution is -0.0499. The van der Waals surface area contributed by atoms with Crippen LogP contribution in [0.5, 0.6) is 5.75 Å². The summed E-state index contributed by atoms with van der Waals surface area (Å²) in [5, 5.41) is 12.6. The fourth-order valence-electron chi connectivity index (χ4n) is 2.17.